The van der Waals surface area contributed by atoms with E-state index in [0.29, 0.717) is 39.3 Å². The highest BCUT2D eigenvalue weighted by atomic mass is 16.5. The van der Waals surface area contributed by atoms with Crippen LogP contribution in [0.25, 0.3) is 0 Å². The Morgan fingerprint density at radius 1 is 1.36 bits per heavy atom. The summed E-state index contributed by atoms with van der Waals surface area (Å²) in [5, 5.41) is 2.60. The molecule has 1 fully saturated rings. The number of morpholine rings is 1. The van der Waals surface area contributed by atoms with Gasteiger partial charge in [-0.05, 0) is 0 Å². The van der Waals surface area contributed by atoms with Gasteiger partial charge in [0.25, 0.3) is 0 Å². The Hall–Kier alpha value is -1.10. The first-order chi connectivity index (χ1) is 6.70. The second-order valence-corrected chi connectivity index (χ2v) is 3.23. The maximum atomic E-state index is 11.5. The summed E-state index contributed by atoms with van der Waals surface area (Å²) in [6, 6.07) is 0. The molecule has 0 unspecified atom stereocenters. The van der Waals surface area contributed by atoms with Crippen LogP contribution in [0.2, 0.25) is 0 Å². The second kappa shape index (κ2) is 5.59. The Bertz CT molecular complexity index is 212. The van der Waals surface area contributed by atoms with E-state index in [9.17, 15) is 9.59 Å². The SMILES string of the molecule is CC(=O)NCCC(=O)N1CCOCC1. The Balaban J connectivity index is 2.16. The fraction of sp³-hybridized carbons (Fsp3) is 0.778. The summed E-state index contributed by atoms with van der Waals surface area (Å²) in [5.74, 6) is -0.0122. The average Bonchev–Trinajstić information content (AvgIpc) is 2.18. The molecule has 0 aromatic rings. The van der Waals surface area contributed by atoms with Crippen LogP contribution in [0.5, 0.6) is 0 Å². The number of nitrogens with zero attached hydrogens (tertiary/aromatic N) is 1. The fourth-order valence-electron chi connectivity index (χ4n) is 1.32. The topological polar surface area (TPSA) is 58.6 Å². The molecule has 1 rings (SSSR count). The highest BCUT2D eigenvalue weighted by molar-refractivity contribution is 5.78. The third-order valence-corrected chi connectivity index (χ3v) is 2.08. The molecule has 1 aliphatic rings. The predicted octanol–water partition coefficient (Wildman–Crippen LogP) is -0.629. The smallest absolute Gasteiger partial charge is 0.224 e. The number of carbonyl (C=O) groups excluding carboxylic acids is 2. The van der Waals surface area contributed by atoms with E-state index in [-0.39, 0.29) is 11.8 Å². The van der Waals surface area contributed by atoms with Crippen LogP contribution in [0.1, 0.15) is 13.3 Å². The van der Waals surface area contributed by atoms with E-state index in [1.54, 1.807) is 4.90 Å². The molecular formula is C9H16N2O3. The second-order valence-electron chi connectivity index (χ2n) is 3.23. The Labute approximate surface area is 83.4 Å². The zero-order chi connectivity index (χ0) is 10.4. The largest absolute Gasteiger partial charge is 0.378 e. The van der Waals surface area contributed by atoms with Crippen molar-refractivity contribution in [1.29, 1.82) is 0 Å². The number of nitrogens with one attached hydrogen (secondary N) is 1. The maximum Gasteiger partial charge on any atom is 0.224 e. The quantitative estimate of drug-likeness (QED) is 0.660. The van der Waals surface area contributed by atoms with Crippen molar-refractivity contribution in [2.24, 2.45) is 0 Å². The van der Waals surface area contributed by atoms with E-state index >= 15 is 0 Å². The van der Waals surface area contributed by atoms with Crippen molar-refractivity contribution in [2.75, 3.05) is 32.8 Å². The Kier molecular flexibility index (Phi) is 4.39. The number of amides is 2. The highest BCUT2D eigenvalue weighted by Crippen LogP contribution is 1.99. The van der Waals surface area contributed by atoms with Gasteiger partial charge in [-0.25, -0.2) is 0 Å². The van der Waals surface area contributed by atoms with Gasteiger partial charge >= 0.3 is 0 Å². The van der Waals surface area contributed by atoms with Crippen LogP contribution in [-0.4, -0.2) is 49.6 Å². The minimum absolute atomic E-state index is 0.0852. The Morgan fingerprint density at radius 2 is 2.00 bits per heavy atom. The molecule has 0 aromatic heterocycles. The predicted molar refractivity (Wildman–Crippen MR) is 50.7 cm³/mol. The van der Waals surface area contributed by atoms with Crippen molar-refractivity contribution in [2.45, 2.75) is 13.3 Å². The number of ether oxygens (including phenoxy) is 1. The minimum Gasteiger partial charge on any atom is -0.378 e. The number of hydrogen-bond donors (Lipinski definition) is 1. The van der Waals surface area contributed by atoms with E-state index in [0.717, 1.165) is 0 Å². The zero-order valence-electron chi connectivity index (χ0n) is 8.41. The fourth-order valence-corrected chi connectivity index (χ4v) is 1.32. The molecular weight excluding hydrogens is 184 g/mol. The molecule has 5 nitrogen and oxygen atoms in total. The van der Waals surface area contributed by atoms with Crippen LogP contribution < -0.4 is 5.32 Å². The van der Waals surface area contributed by atoms with Crippen LogP contribution in [0.3, 0.4) is 0 Å². The van der Waals surface area contributed by atoms with E-state index in [2.05, 4.69) is 5.32 Å². The Morgan fingerprint density at radius 3 is 2.57 bits per heavy atom. The molecule has 1 aliphatic heterocycles. The van der Waals surface area contributed by atoms with Crippen molar-refractivity contribution in [3.63, 3.8) is 0 Å². The molecule has 1 saturated heterocycles. The van der Waals surface area contributed by atoms with Crippen molar-refractivity contribution in [3.05, 3.63) is 0 Å². The van der Waals surface area contributed by atoms with Crippen LogP contribution in [0.4, 0.5) is 0 Å². The normalized spacial score (nSPS) is 16.5. The van der Waals surface area contributed by atoms with Gasteiger partial charge in [-0.3, -0.25) is 9.59 Å². The van der Waals surface area contributed by atoms with Crippen LogP contribution >= 0.6 is 0 Å². The van der Waals surface area contributed by atoms with Crippen molar-refractivity contribution in [3.8, 4) is 0 Å². The van der Waals surface area contributed by atoms with Gasteiger partial charge in [0.1, 0.15) is 0 Å². The van der Waals surface area contributed by atoms with Crippen molar-refractivity contribution in [1.82, 2.24) is 10.2 Å². The first kappa shape index (κ1) is 11.0. The van der Waals surface area contributed by atoms with E-state index in [1.807, 2.05) is 0 Å². The van der Waals surface area contributed by atoms with Crippen LogP contribution in [0.15, 0.2) is 0 Å². The molecule has 1 N–H and O–H groups in total. The number of rotatable bonds is 3. The standard InChI is InChI=1S/C9H16N2O3/c1-8(12)10-3-2-9(13)11-4-6-14-7-5-11/h2-7H2,1H3,(H,10,12). The third-order valence-electron chi connectivity index (χ3n) is 2.08. The molecule has 5 heteroatoms. The summed E-state index contributed by atoms with van der Waals surface area (Å²) in [7, 11) is 0. The van der Waals surface area contributed by atoms with Gasteiger partial charge in [-0.1, -0.05) is 0 Å². The zero-order valence-corrected chi connectivity index (χ0v) is 8.41. The molecule has 0 aliphatic carbocycles. The van der Waals surface area contributed by atoms with E-state index in [4.69, 9.17) is 4.74 Å². The number of carbonyl (C=O) groups is 2. The van der Waals surface area contributed by atoms with Crippen LogP contribution in [-0.2, 0) is 14.3 Å². The lowest BCUT2D eigenvalue weighted by atomic mass is 10.3. The van der Waals surface area contributed by atoms with Gasteiger partial charge in [0, 0.05) is 33.0 Å². The molecule has 0 bridgehead atoms. The molecule has 0 spiro atoms. The van der Waals surface area contributed by atoms with Gasteiger partial charge in [-0.2, -0.15) is 0 Å². The van der Waals surface area contributed by atoms with Crippen molar-refractivity contribution >= 4 is 11.8 Å². The third kappa shape index (κ3) is 3.74. The summed E-state index contributed by atoms with van der Waals surface area (Å²) < 4.78 is 5.13. The molecule has 14 heavy (non-hydrogen) atoms. The summed E-state index contributed by atoms with van der Waals surface area (Å²) in [4.78, 5) is 23.8. The highest BCUT2D eigenvalue weighted by Gasteiger charge is 2.15. The molecule has 0 atom stereocenters. The van der Waals surface area contributed by atoms with Crippen LogP contribution in [0, 0.1) is 0 Å². The minimum atomic E-state index is -0.0974. The number of hydrogen-bond acceptors (Lipinski definition) is 3. The lowest BCUT2D eigenvalue weighted by Gasteiger charge is -2.26. The van der Waals surface area contributed by atoms with Gasteiger partial charge < -0.3 is 15.0 Å². The monoisotopic (exact) mass is 200 g/mol. The average molecular weight is 200 g/mol. The first-order valence-corrected chi connectivity index (χ1v) is 4.80. The first-order valence-electron chi connectivity index (χ1n) is 4.80. The van der Waals surface area contributed by atoms with E-state index < -0.39 is 0 Å². The van der Waals surface area contributed by atoms with E-state index in [1.165, 1.54) is 6.92 Å². The van der Waals surface area contributed by atoms with Gasteiger partial charge in [0.2, 0.25) is 11.8 Å². The summed E-state index contributed by atoms with van der Waals surface area (Å²) >= 11 is 0. The molecule has 0 aromatic carbocycles. The molecule has 1 heterocycles. The summed E-state index contributed by atoms with van der Waals surface area (Å²) in [6.07, 6.45) is 0.375. The molecule has 2 amide bonds. The van der Waals surface area contributed by atoms with Gasteiger partial charge in [-0.15, -0.1) is 0 Å². The van der Waals surface area contributed by atoms with Gasteiger partial charge in [0.05, 0.1) is 13.2 Å². The lowest BCUT2D eigenvalue weighted by Crippen LogP contribution is -2.41. The molecule has 80 valence electrons. The lowest BCUT2D eigenvalue weighted by molar-refractivity contribution is -0.135. The molecule has 0 saturated carbocycles. The molecule has 0 radical (unpaired) electrons. The van der Waals surface area contributed by atoms with Gasteiger partial charge in [0.15, 0.2) is 0 Å². The summed E-state index contributed by atoms with van der Waals surface area (Å²) in [5.41, 5.74) is 0. The maximum absolute atomic E-state index is 11.5. The van der Waals surface area contributed by atoms with Crippen molar-refractivity contribution < 1.29 is 14.3 Å². The summed E-state index contributed by atoms with van der Waals surface area (Å²) in [6.45, 7) is 4.43.